The van der Waals surface area contributed by atoms with E-state index in [0.717, 1.165) is 0 Å². The van der Waals surface area contributed by atoms with Crippen LogP contribution in [0.5, 0.6) is 5.75 Å². The van der Waals surface area contributed by atoms with Gasteiger partial charge in [0.25, 0.3) is 5.91 Å². The van der Waals surface area contributed by atoms with Crippen molar-refractivity contribution in [2.75, 3.05) is 13.2 Å². The fourth-order valence-corrected chi connectivity index (χ4v) is 2.42. The van der Waals surface area contributed by atoms with Crippen molar-refractivity contribution < 1.29 is 14.3 Å². The molecule has 0 unspecified atom stereocenters. The molecule has 21 heavy (non-hydrogen) atoms. The fraction of sp³-hybridized carbons (Fsp3) is 0.467. The highest BCUT2D eigenvalue weighted by Crippen LogP contribution is 2.23. The second kappa shape index (κ2) is 6.80. The molecular weight excluding hydrogens is 292 g/mol. The number of urea groups is 1. The zero-order valence-electron chi connectivity index (χ0n) is 12.1. The Hall–Kier alpha value is -1.75. The maximum atomic E-state index is 12.1. The first-order valence-electron chi connectivity index (χ1n) is 6.98. The summed E-state index contributed by atoms with van der Waals surface area (Å²) in [5.41, 5.74) is 0. The van der Waals surface area contributed by atoms with Crippen molar-refractivity contribution in [2.24, 2.45) is 5.92 Å². The second-order valence-corrected chi connectivity index (χ2v) is 5.81. The average molecular weight is 311 g/mol. The lowest BCUT2D eigenvalue weighted by molar-refractivity contribution is -0.128. The van der Waals surface area contributed by atoms with Crippen LogP contribution in [-0.2, 0) is 4.79 Å². The minimum absolute atomic E-state index is 0.184. The molecule has 0 aromatic heterocycles. The van der Waals surface area contributed by atoms with Gasteiger partial charge in [-0.15, -0.1) is 0 Å². The molecule has 1 aliphatic rings. The number of amides is 3. The number of rotatable bonds is 6. The summed E-state index contributed by atoms with van der Waals surface area (Å²) in [6, 6.07) is 6.32. The van der Waals surface area contributed by atoms with Crippen LogP contribution in [0.4, 0.5) is 4.79 Å². The van der Waals surface area contributed by atoms with Crippen LogP contribution < -0.4 is 10.1 Å². The maximum absolute atomic E-state index is 12.1. The zero-order valence-corrected chi connectivity index (χ0v) is 12.9. The van der Waals surface area contributed by atoms with E-state index in [-0.39, 0.29) is 25.1 Å². The van der Waals surface area contributed by atoms with Gasteiger partial charge in [0, 0.05) is 0 Å². The molecule has 5 nitrogen and oxygen atoms in total. The molecule has 1 fully saturated rings. The molecule has 0 radical (unpaired) electrons. The summed E-state index contributed by atoms with van der Waals surface area (Å²) in [4.78, 5) is 25.1. The van der Waals surface area contributed by atoms with E-state index >= 15 is 0 Å². The number of benzene rings is 1. The van der Waals surface area contributed by atoms with Crippen molar-refractivity contribution in [2.45, 2.75) is 26.3 Å². The Labute approximate surface area is 129 Å². The SMILES string of the molecule is CC(C)C[C@H]1NC(=O)N(CCOc2ccccc2Cl)C1=O. The standard InChI is InChI=1S/C15H19ClN2O3/c1-10(2)9-12-14(19)18(15(20)17-12)7-8-21-13-6-4-3-5-11(13)16/h3-6,10,12H,7-9H2,1-2H3,(H,17,20)/t12-/m1/s1. The lowest BCUT2D eigenvalue weighted by atomic mass is 10.0. The third kappa shape index (κ3) is 3.88. The number of halogens is 1. The molecule has 0 saturated carbocycles. The highest BCUT2D eigenvalue weighted by molar-refractivity contribution is 6.32. The number of carbonyl (C=O) groups excluding carboxylic acids is 2. The van der Waals surface area contributed by atoms with Crippen molar-refractivity contribution in [3.05, 3.63) is 29.3 Å². The van der Waals surface area contributed by atoms with Gasteiger partial charge in [0.1, 0.15) is 18.4 Å². The third-order valence-corrected chi connectivity index (χ3v) is 3.54. The molecule has 1 saturated heterocycles. The Morgan fingerprint density at radius 3 is 2.71 bits per heavy atom. The number of nitrogens with zero attached hydrogens (tertiary/aromatic N) is 1. The van der Waals surface area contributed by atoms with E-state index in [0.29, 0.717) is 23.1 Å². The van der Waals surface area contributed by atoms with E-state index in [1.807, 2.05) is 26.0 Å². The molecular formula is C15H19ClN2O3. The summed E-state index contributed by atoms with van der Waals surface area (Å²) >= 11 is 5.97. The summed E-state index contributed by atoms with van der Waals surface area (Å²) in [5.74, 6) is 0.708. The molecule has 114 valence electrons. The van der Waals surface area contributed by atoms with Crippen LogP contribution in [0, 0.1) is 5.92 Å². The maximum Gasteiger partial charge on any atom is 0.324 e. The summed E-state index contributed by atoms with van der Waals surface area (Å²) < 4.78 is 5.51. The molecule has 1 atom stereocenters. The average Bonchev–Trinajstić information content (AvgIpc) is 2.67. The van der Waals surface area contributed by atoms with Crippen molar-refractivity contribution in [3.63, 3.8) is 0 Å². The number of hydrogen-bond acceptors (Lipinski definition) is 3. The molecule has 1 aliphatic heterocycles. The van der Waals surface area contributed by atoms with Gasteiger partial charge in [-0.25, -0.2) is 4.79 Å². The van der Waals surface area contributed by atoms with Gasteiger partial charge in [-0.2, -0.15) is 0 Å². The number of ether oxygens (including phenoxy) is 1. The minimum Gasteiger partial charge on any atom is -0.490 e. The van der Waals surface area contributed by atoms with E-state index in [4.69, 9.17) is 16.3 Å². The van der Waals surface area contributed by atoms with Crippen LogP contribution in [-0.4, -0.2) is 36.0 Å². The largest absolute Gasteiger partial charge is 0.490 e. The normalized spacial score (nSPS) is 18.3. The van der Waals surface area contributed by atoms with Gasteiger partial charge >= 0.3 is 6.03 Å². The molecule has 2 rings (SSSR count). The lowest BCUT2D eigenvalue weighted by Crippen LogP contribution is -2.35. The van der Waals surface area contributed by atoms with Gasteiger partial charge in [-0.1, -0.05) is 37.6 Å². The van der Waals surface area contributed by atoms with Crippen LogP contribution in [0.3, 0.4) is 0 Å². The zero-order chi connectivity index (χ0) is 15.4. The molecule has 6 heteroatoms. The Morgan fingerprint density at radius 2 is 2.05 bits per heavy atom. The molecule has 1 heterocycles. The Balaban J connectivity index is 1.87. The van der Waals surface area contributed by atoms with Crippen LogP contribution in [0.2, 0.25) is 5.02 Å². The Kier molecular flexibility index (Phi) is 5.07. The van der Waals surface area contributed by atoms with E-state index in [2.05, 4.69) is 5.32 Å². The van der Waals surface area contributed by atoms with Gasteiger partial charge in [-0.05, 0) is 24.5 Å². The van der Waals surface area contributed by atoms with E-state index in [1.54, 1.807) is 12.1 Å². The van der Waals surface area contributed by atoms with E-state index < -0.39 is 6.04 Å². The summed E-state index contributed by atoms with van der Waals surface area (Å²) in [7, 11) is 0. The van der Waals surface area contributed by atoms with Crippen LogP contribution in [0.1, 0.15) is 20.3 Å². The first kappa shape index (κ1) is 15.6. The minimum atomic E-state index is -0.419. The monoisotopic (exact) mass is 310 g/mol. The van der Waals surface area contributed by atoms with E-state index in [1.165, 1.54) is 4.90 Å². The number of imide groups is 1. The summed E-state index contributed by atoms with van der Waals surface area (Å²) in [6.45, 7) is 4.47. The highest BCUT2D eigenvalue weighted by Gasteiger charge is 2.37. The van der Waals surface area contributed by atoms with Crippen LogP contribution in [0.15, 0.2) is 24.3 Å². The van der Waals surface area contributed by atoms with Gasteiger partial charge in [0.05, 0.1) is 11.6 Å². The molecule has 1 N–H and O–H groups in total. The van der Waals surface area contributed by atoms with Gasteiger partial charge in [0.2, 0.25) is 0 Å². The van der Waals surface area contributed by atoms with Gasteiger partial charge < -0.3 is 10.1 Å². The molecule has 1 aromatic carbocycles. The first-order valence-corrected chi connectivity index (χ1v) is 7.36. The van der Waals surface area contributed by atoms with Crippen molar-refractivity contribution in [1.29, 1.82) is 0 Å². The summed E-state index contributed by atoms with van der Waals surface area (Å²) in [5, 5.41) is 3.21. The molecule has 1 aromatic rings. The van der Waals surface area contributed by atoms with Crippen LogP contribution in [0.25, 0.3) is 0 Å². The second-order valence-electron chi connectivity index (χ2n) is 5.40. The summed E-state index contributed by atoms with van der Waals surface area (Å²) in [6.07, 6.45) is 0.645. The third-order valence-electron chi connectivity index (χ3n) is 3.22. The quantitative estimate of drug-likeness (QED) is 0.822. The van der Waals surface area contributed by atoms with Crippen molar-refractivity contribution >= 4 is 23.5 Å². The first-order chi connectivity index (χ1) is 9.99. The molecule has 0 aliphatic carbocycles. The lowest BCUT2D eigenvalue weighted by Gasteiger charge is -2.14. The predicted molar refractivity (Wildman–Crippen MR) is 80.4 cm³/mol. The highest BCUT2D eigenvalue weighted by atomic mass is 35.5. The number of hydrogen-bond donors (Lipinski definition) is 1. The van der Waals surface area contributed by atoms with Crippen molar-refractivity contribution in [1.82, 2.24) is 10.2 Å². The van der Waals surface area contributed by atoms with Crippen molar-refractivity contribution in [3.8, 4) is 5.75 Å². The molecule has 3 amide bonds. The van der Waals surface area contributed by atoms with E-state index in [9.17, 15) is 9.59 Å². The van der Waals surface area contributed by atoms with Gasteiger partial charge in [-0.3, -0.25) is 9.69 Å². The Bertz CT molecular complexity index is 533. The molecule has 0 bridgehead atoms. The number of para-hydroxylation sites is 1. The van der Waals surface area contributed by atoms with Gasteiger partial charge in [0.15, 0.2) is 0 Å². The number of carbonyl (C=O) groups is 2. The Morgan fingerprint density at radius 1 is 1.33 bits per heavy atom. The predicted octanol–water partition coefficient (Wildman–Crippen LogP) is 2.69. The number of nitrogens with one attached hydrogen (secondary N) is 1. The molecule has 0 spiro atoms. The smallest absolute Gasteiger partial charge is 0.324 e. The topological polar surface area (TPSA) is 58.6 Å². The fourth-order valence-electron chi connectivity index (χ4n) is 2.23. The van der Waals surface area contributed by atoms with Crippen LogP contribution >= 0.6 is 11.6 Å².